The van der Waals surface area contributed by atoms with E-state index >= 15 is 0 Å². The van der Waals surface area contributed by atoms with Crippen LogP contribution in [0.5, 0.6) is 0 Å². The lowest BCUT2D eigenvalue weighted by Gasteiger charge is -2.43. The number of nitrogens with zero attached hydrogens (tertiary/aromatic N) is 1. The quantitative estimate of drug-likeness (QED) is 0.785. The van der Waals surface area contributed by atoms with Crippen molar-refractivity contribution in [3.63, 3.8) is 0 Å². The zero-order valence-electron chi connectivity index (χ0n) is 11.1. The Hall–Kier alpha value is -0.220. The predicted octanol–water partition coefficient (Wildman–Crippen LogP) is 3.57. The molecule has 0 radical (unpaired) electrons. The fourth-order valence-corrected chi connectivity index (χ4v) is 3.88. The number of hydrogen-bond donors (Lipinski definition) is 1. The second-order valence-corrected chi connectivity index (χ2v) is 6.49. The van der Waals surface area contributed by atoms with Crippen LogP contribution in [0.2, 0.25) is 0 Å². The molecule has 0 aromatic rings. The highest BCUT2D eigenvalue weighted by atomic mass is 32.1. The van der Waals surface area contributed by atoms with Crippen LogP contribution in [0.4, 0.5) is 0 Å². The molecular formula is C14H24N2S2. The van der Waals surface area contributed by atoms with E-state index in [2.05, 4.69) is 4.90 Å². The molecule has 0 aromatic heterocycles. The van der Waals surface area contributed by atoms with E-state index in [-0.39, 0.29) is 0 Å². The van der Waals surface area contributed by atoms with Crippen LogP contribution in [0.25, 0.3) is 0 Å². The minimum atomic E-state index is 0.418. The topological polar surface area (TPSA) is 29.3 Å². The monoisotopic (exact) mass is 284 g/mol. The summed E-state index contributed by atoms with van der Waals surface area (Å²) in [6, 6.07) is 1.19. The average molecular weight is 284 g/mol. The molecule has 2 nitrogen and oxygen atoms in total. The van der Waals surface area contributed by atoms with Crippen molar-refractivity contribution in [2.75, 3.05) is 0 Å². The highest BCUT2D eigenvalue weighted by Crippen LogP contribution is 2.30. The van der Waals surface area contributed by atoms with Gasteiger partial charge in [0.2, 0.25) is 0 Å². The van der Waals surface area contributed by atoms with Crippen molar-refractivity contribution >= 4 is 34.4 Å². The lowest BCUT2D eigenvalue weighted by Crippen LogP contribution is -2.51. The van der Waals surface area contributed by atoms with Gasteiger partial charge >= 0.3 is 0 Å². The molecule has 0 atom stereocenters. The van der Waals surface area contributed by atoms with Crippen molar-refractivity contribution in [2.45, 2.75) is 76.3 Å². The summed E-state index contributed by atoms with van der Waals surface area (Å²) in [5.41, 5.74) is 5.80. The molecule has 0 heterocycles. The number of hydrogen-bond acceptors (Lipinski definition) is 2. The molecule has 102 valence electrons. The third kappa shape index (κ3) is 3.41. The first-order chi connectivity index (χ1) is 8.70. The maximum Gasteiger partial charge on any atom is 0.137 e. The Morgan fingerprint density at radius 2 is 1.17 bits per heavy atom. The Morgan fingerprint density at radius 3 is 1.50 bits per heavy atom. The molecule has 2 saturated carbocycles. The van der Waals surface area contributed by atoms with Crippen molar-refractivity contribution in [1.29, 1.82) is 0 Å². The van der Waals surface area contributed by atoms with Gasteiger partial charge in [0.25, 0.3) is 0 Å². The van der Waals surface area contributed by atoms with E-state index in [4.69, 9.17) is 30.2 Å². The molecule has 2 N–H and O–H groups in total. The highest BCUT2D eigenvalue weighted by Gasteiger charge is 2.31. The fraction of sp³-hybridized carbons (Fsp3) is 0.857. The van der Waals surface area contributed by atoms with E-state index < -0.39 is 0 Å². The van der Waals surface area contributed by atoms with Gasteiger partial charge in [-0.1, -0.05) is 63.0 Å². The summed E-state index contributed by atoms with van der Waals surface area (Å²) in [7, 11) is 0. The van der Waals surface area contributed by atoms with E-state index in [0.29, 0.717) is 17.1 Å². The zero-order valence-corrected chi connectivity index (χ0v) is 12.7. The van der Waals surface area contributed by atoms with Gasteiger partial charge in [0, 0.05) is 12.1 Å². The Bertz CT molecular complexity index is 287. The summed E-state index contributed by atoms with van der Waals surface area (Å²) in [4.78, 5) is 3.60. The summed E-state index contributed by atoms with van der Waals surface area (Å²) in [5, 5.41) is 0. The lowest BCUT2D eigenvalue weighted by molar-refractivity contribution is 0.163. The van der Waals surface area contributed by atoms with Gasteiger partial charge in [0.1, 0.15) is 9.98 Å². The smallest absolute Gasteiger partial charge is 0.137 e. The summed E-state index contributed by atoms with van der Waals surface area (Å²) in [6.07, 6.45) is 13.1. The molecule has 2 fully saturated rings. The Kier molecular flexibility index (Phi) is 5.37. The molecule has 2 aliphatic carbocycles. The van der Waals surface area contributed by atoms with Crippen molar-refractivity contribution in [3.8, 4) is 0 Å². The van der Waals surface area contributed by atoms with Crippen LogP contribution in [0.15, 0.2) is 0 Å². The maximum absolute atomic E-state index is 5.80. The number of rotatable bonds is 2. The zero-order chi connectivity index (χ0) is 13.0. The molecule has 0 spiro atoms. The molecule has 2 rings (SSSR count). The third-order valence-electron chi connectivity index (χ3n) is 4.38. The van der Waals surface area contributed by atoms with Gasteiger partial charge in [-0.25, -0.2) is 0 Å². The molecule has 0 aromatic carbocycles. The molecule has 0 saturated heterocycles. The minimum Gasteiger partial charge on any atom is -0.388 e. The van der Waals surface area contributed by atoms with E-state index in [1.54, 1.807) is 0 Å². The predicted molar refractivity (Wildman–Crippen MR) is 85.0 cm³/mol. The first kappa shape index (κ1) is 14.2. The largest absolute Gasteiger partial charge is 0.388 e. The summed E-state index contributed by atoms with van der Waals surface area (Å²) < 4.78 is 0. The van der Waals surface area contributed by atoms with Gasteiger partial charge in [-0.3, -0.25) is 0 Å². The summed E-state index contributed by atoms with van der Waals surface area (Å²) >= 11 is 10.6. The number of thiocarbonyl (C=S) groups is 2. The van der Waals surface area contributed by atoms with Crippen LogP contribution >= 0.6 is 24.4 Å². The summed E-state index contributed by atoms with van der Waals surface area (Å²) in [5.74, 6) is 0. The Balaban J connectivity index is 2.10. The van der Waals surface area contributed by atoms with E-state index in [0.717, 1.165) is 4.99 Å². The van der Waals surface area contributed by atoms with Gasteiger partial charge in [-0.2, -0.15) is 0 Å². The van der Waals surface area contributed by atoms with Crippen LogP contribution in [0.3, 0.4) is 0 Å². The molecular weight excluding hydrogens is 260 g/mol. The van der Waals surface area contributed by atoms with Crippen molar-refractivity contribution < 1.29 is 0 Å². The third-order valence-corrected chi connectivity index (χ3v) is 5.13. The van der Waals surface area contributed by atoms with Crippen LogP contribution in [0, 0.1) is 0 Å². The van der Waals surface area contributed by atoms with Crippen LogP contribution in [-0.4, -0.2) is 27.0 Å². The van der Waals surface area contributed by atoms with E-state index in [1.807, 2.05) is 0 Å². The van der Waals surface area contributed by atoms with Gasteiger partial charge in [0.15, 0.2) is 0 Å². The lowest BCUT2D eigenvalue weighted by atomic mass is 9.88. The second kappa shape index (κ2) is 6.80. The highest BCUT2D eigenvalue weighted by molar-refractivity contribution is 7.89. The Labute approximate surface area is 121 Å². The molecule has 2 aliphatic rings. The van der Waals surface area contributed by atoms with Crippen LogP contribution in [-0.2, 0) is 0 Å². The maximum atomic E-state index is 5.80. The van der Waals surface area contributed by atoms with Gasteiger partial charge < -0.3 is 10.6 Å². The fourth-order valence-electron chi connectivity index (χ4n) is 3.48. The van der Waals surface area contributed by atoms with Crippen LogP contribution in [0.1, 0.15) is 64.2 Å². The molecule has 0 aliphatic heterocycles. The van der Waals surface area contributed by atoms with Crippen molar-refractivity contribution in [1.82, 2.24) is 4.90 Å². The SMILES string of the molecule is NC(=S)C(=S)N(C1CCCCC1)C1CCCCC1. The molecule has 18 heavy (non-hydrogen) atoms. The first-order valence-electron chi connectivity index (χ1n) is 7.32. The van der Waals surface area contributed by atoms with Crippen molar-refractivity contribution in [3.05, 3.63) is 0 Å². The standard InChI is InChI=1S/C14H24N2S2/c15-13(17)14(18)16(11-7-3-1-4-8-11)12-9-5-2-6-10-12/h11-12H,1-10H2,(H2,15,17). The van der Waals surface area contributed by atoms with Gasteiger partial charge in [0.05, 0.1) is 0 Å². The molecule has 0 bridgehead atoms. The molecule has 0 amide bonds. The van der Waals surface area contributed by atoms with Gasteiger partial charge in [-0.15, -0.1) is 0 Å². The average Bonchev–Trinajstić information content (AvgIpc) is 2.41. The van der Waals surface area contributed by atoms with Gasteiger partial charge in [-0.05, 0) is 25.7 Å². The van der Waals surface area contributed by atoms with E-state index in [9.17, 15) is 0 Å². The first-order valence-corrected chi connectivity index (χ1v) is 8.14. The van der Waals surface area contributed by atoms with Crippen LogP contribution < -0.4 is 5.73 Å². The second-order valence-electron chi connectivity index (χ2n) is 5.66. The van der Waals surface area contributed by atoms with E-state index in [1.165, 1.54) is 64.2 Å². The Morgan fingerprint density at radius 1 is 0.778 bits per heavy atom. The number of nitrogens with two attached hydrogens (primary N) is 1. The normalized spacial score (nSPS) is 22.7. The summed E-state index contributed by atoms with van der Waals surface area (Å²) in [6.45, 7) is 0. The van der Waals surface area contributed by atoms with Crippen molar-refractivity contribution in [2.24, 2.45) is 5.73 Å². The molecule has 4 heteroatoms. The minimum absolute atomic E-state index is 0.418. The molecule has 0 unspecified atom stereocenters.